The highest BCUT2D eigenvalue weighted by atomic mass is 79.9. The second-order valence-corrected chi connectivity index (χ2v) is 3.89. The summed E-state index contributed by atoms with van der Waals surface area (Å²) in [6, 6.07) is 3.05. The van der Waals surface area contributed by atoms with Gasteiger partial charge in [-0.2, -0.15) is 13.2 Å². The first-order valence-corrected chi connectivity index (χ1v) is 4.80. The molecule has 1 aromatic carbocycles. The van der Waals surface area contributed by atoms with Crippen LogP contribution in [-0.2, 0) is 6.18 Å². The Kier molecular flexibility index (Phi) is 3.75. The Morgan fingerprint density at radius 1 is 1.27 bits per heavy atom. The number of alkyl halides is 3. The van der Waals surface area contributed by atoms with Gasteiger partial charge in [-0.05, 0) is 23.8 Å². The van der Waals surface area contributed by atoms with Crippen LogP contribution < -0.4 is 0 Å². The fraction of sp³-hybridized carbons (Fsp3) is 0.333. The molecule has 0 amide bonds. The first-order chi connectivity index (χ1) is 6.84. The van der Waals surface area contributed by atoms with E-state index in [1.165, 1.54) is 6.07 Å². The number of rotatable bonds is 2. The molecule has 0 aliphatic carbocycles. The third kappa shape index (κ3) is 3.19. The van der Waals surface area contributed by atoms with Crippen LogP contribution in [0.5, 0.6) is 0 Å². The molecular weight excluding hydrogens is 277 g/mol. The largest absolute Gasteiger partial charge is 0.416 e. The van der Waals surface area contributed by atoms with E-state index in [1.54, 1.807) is 0 Å². The minimum Gasteiger partial charge on any atom is -0.393 e. The van der Waals surface area contributed by atoms with E-state index in [4.69, 9.17) is 5.11 Å². The lowest BCUT2D eigenvalue weighted by atomic mass is 10.1. The van der Waals surface area contributed by atoms with E-state index in [1.807, 2.05) is 0 Å². The van der Waals surface area contributed by atoms with Gasteiger partial charge in [-0.1, -0.05) is 15.9 Å². The van der Waals surface area contributed by atoms with Crippen molar-refractivity contribution >= 4 is 15.9 Å². The van der Waals surface area contributed by atoms with Crippen molar-refractivity contribution in [3.8, 4) is 0 Å². The highest BCUT2D eigenvalue weighted by Crippen LogP contribution is 2.33. The molecule has 15 heavy (non-hydrogen) atoms. The van der Waals surface area contributed by atoms with Gasteiger partial charge in [0, 0.05) is 4.47 Å². The zero-order valence-corrected chi connectivity index (χ0v) is 9.01. The maximum atomic E-state index is 12.4. The summed E-state index contributed by atoms with van der Waals surface area (Å²) in [6.07, 6.45) is -5.77. The summed E-state index contributed by atoms with van der Waals surface area (Å²) in [7, 11) is 0. The van der Waals surface area contributed by atoms with Crippen LogP contribution in [0.25, 0.3) is 0 Å². The molecule has 0 bridgehead atoms. The second kappa shape index (κ2) is 4.51. The van der Waals surface area contributed by atoms with Crippen molar-refractivity contribution in [2.75, 3.05) is 6.61 Å². The molecule has 0 aliphatic heterocycles. The van der Waals surface area contributed by atoms with Crippen molar-refractivity contribution in [2.24, 2.45) is 0 Å². The topological polar surface area (TPSA) is 40.5 Å². The molecule has 0 aliphatic rings. The van der Waals surface area contributed by atoms with E-state index in [0.29, 0.717) is 0 Å². The fourth-order valence-corrected chi connectivity index (χ4v) is 1.58. The highest BCUT2D eigenvalue weighted by molar-refractivity contribution is 9.10. The molecule has 0 heterocycles. The van der Waals surface area contributed by atoms with Crippen LogP contribution in [0.3, 0.4) is 0 Å². The number of aliphatic hydroxyl groups excluding tert-OH is 2. The number of hydrogen-bond acceptors (Lipinski definition) is 2. The number of hydrogen-bond donors (Lipinski definition) is 2. The predicted molar refractivity (Wildman–Crippen MR) is 51.2 cm³/mol. The molecule has 0 spiro atoms. The number of halogens is 4. The fourth-order valence-electron chi connectivity index (χ4n) is 1.07. The molecule has 0 aromatic heterocycles. The molecule has 2 nitrogen and oxygen atoms in total. The van der Waals surface area contributed by atoms with Crippen LogP contribution >= 0.6 is 15.9 Å². The summed E-state index contributed by atoms with van der Waals surface area (Å²) in [6.45, 7) is -0.617. The standard InChI is InChI=1S/C9H8BrF3O2/c10-7-2-5(8(15)4-14)1-6(3-7)9(11,12)13/h1-3,8,14-15H,4H2. The lowest BCUT2D eigenvalue weighted by Crippen LogP contribution is -2.08. The Balaban J connectivity index is 3.17. The molecule has 0 radical (unpaired) electrons. The van der Waals surface area contributed by atoms with E-state index >= 15 is 0 Å². The van der Waals surface area contributed by atoms with Crippen molar-refractivity contribution < 1.29 is 23.4 Å². The minimum absolute atomic E-state index is 0.0270. The Morgan fingerprint density at radius 2 is 1.87 bits per heavy atom. The molecule has 6 heteroatoms. The molecule has 0 saturated heterocycles. The first kappa shape index (κ1) is 12.5. The molecule has 1 atom stereocenters. The van der Waals surface area contributed by atoms with Crippen molar-refractivity contribution in [1.82, 2.24) is 0 Å². The Bertz CT molecular complexity index is 352. The summed E-state index contributed by atoms with van der Waals surface area (Å²) < 4.78 is 37.3. The molecule has 84 valence electrons. The molecule has 2 N–H and O–H groups in total. The summed E-state index contributed by atoms with van der Waals surface area (Å²) in [5.41, 5.74) is -0.835. The average Bonchev–Trinajstić information content (AvgIpc) is 2.14. The van der Waals surface area contributed by atoms with Crippen molar-refractivity contribution in [3.05, 3.63) is 33.8 Å². The number of aliphatic hydroxyl groups is 2. The maximum Gasteiger partial charge on any atom is 0.416 e. The monoisotopic (exact) mass is 284 g/mol. The summed E-state index contributed by atoms with van der Waals surface area (Å²) in [4.78, 5) is 0. The zero-order chi connectivity index (χ0) is 11.6. The molecule has 1 unspecified atom stereocenters. The van der Waals surface area contributed by atoms with Crippen LogP contribution in [0, 0.1) is 0 Å². The SMILES string of the molecule is OCC(O)c1cc(Br)cc(C(F)(F)F)c1. The van der Waals surface area contributed by atoms with Gasteiger partial charge in [0.05, 0.1) is 12.2 Å². The van der Waals surface area contributed by atoms with E-state index in [9.17, 15) is 18.3 Å². The lowest BCUT2D eigenvalue weighted by Gasteiger charge is -2.12. The molecular formula is C9H8BrF3O2. The van der Waals surface area contributed by atoms with Gasteiger partial charge in [0.25, 0.3) is 0 Å². The predicted octanol–water partition coefficient (Wildman–Crippen LogP) is 2.49. The van der Waals surface area contributed by atoms with Gasteiger partial charge in [0.1, 0.15) is 6.10 Å². The van der Waals surface area contributed by atoms with Crippen LogP contribution in [0.4, 0.5) is 13.2 Å². The van der Waals surface area contributed by atoms with Crippen molar-refractivity contribution in [2.45, 2.75) is 12.3 Å². The Morgan fingerprint density at radius 3 is 2.33 bits per heavy atom. The van der Waals surface area contributed by atoms with E-state index in [2.05, 4.69) is 15.9 Å². The normalized spacial score (nSPS) is 14.0. The smallest absolute Gasteiger partial charge is 0.393 e. The average molecular weight is 285 g/mol. The summed E-state index contributed by atoms with van der Waals surface area (Å²) in [5.74, 6) is 0. The first-order valence-electron chi connectivity index (χ1n) is 4.01. The van der Waals surface area contributed by atoms with E-state index in [-0.39, 0.29) is 10.0 Å². The van der Waals surface area contributed by atoms with Crippen LogP contribution in [0.15, 0.2) is 22.7 Å². The highest BCUT2D eigenvalue weighted by Gasteiger charge is 2.31. The number of benzene rings is 1. The van der Waals surface area contributed by atoms with Gasteiger partial charge in [0.15, 0.2) is 0 Å². The Labute approximate surface area is 92.5 Å². The van der Waals surface area contributed by atoms with Gasteiger partial charge in [-0.15, -0.1) is 0 Å². The lowest BCUT2D eigenvalue weighted by molar-refractivity contribution is -0.137. The van der Waals surface area contributed by atoms with E-state index < -0.39 is 24.5 Å². The van der Waals surface area contributed by atoms with Crippen LogP contribution in [0.2, 0.25) is 0 Å². The second-order valence-electron chi connectivity index (χ2n) is 2.97. The molecule has 0 fully saturated rings. The zero-order valence-electron chi connectivity index (χ0n) is 7.42. The quantitative estimate of drug-likeness (QED) is 0.876. The third-order valence-electron chi connectivity index (χ3n) is 1.81. The molecule has 1 rings (SSSR count). The summed E-state index contributed by atoms with van der Waals surface area (Å²) >= 11 is 2.91. The van der Waals surface area contributed by atoms with E-state index in [0.717, 1.165) is 12.1 Å². The van der Waals surface area contributed by atoms with Gasteiger partial charge in [-0.3, -0.25) is 0 Å². The third-order valence-corrected chi connectivity index (χ3v) is 2.26. The van der Waals surface area contributed by atoms with Gasteiger partial charge in [-0.25, -0.2) is 0 Å². The van der Waals surface area contributed by atoms with Crippen molar-refractivity contribution in [1.29, 1.82) is 0 Å². The van der Waals surface area contributed by atoms with Gasteiger partial charge in [0.2, 0.25) is 0 Å². The van der Waals surface area contributed by atoms with Crippen molar-refractivity contribution in [3.63, 3.8) is 0 Å². The van der Waals surface area contributed by atoms with Crippen LogP contribution in [0.1, 0.15) is 17.2 Å². The molecule has 1 aromatic rings. The maximum absolute atomic E-state index is 12.4. The Hall–Kier alpha value is -0.590. The minimum atomic E-state index is -4.46. The molecule has 0 saturated carbocycles. The van der Waals surface area contributed by atoms with Crippen LogP contribution in [-0.4, -0.2) is 16.8 Å². The van der Waals surface area contributed by atoms with Gasteiger partial charge >= 0.3 is 6.18 Å². The summed E-state index contributed by atoms with van der Waals surface area (Å²) in [5, 5.41) is 17.8. The van der Waals surface area contributed by atoms with Gasteiger partial charge < -0.3 is 10.2 Å².